The summed E-state index contributed by atoms with van der Waals surface area (Å²) < 4.78 is 4.84. The number of methoxy groups -OCH3 is 1. The van der Waals surface area contributed by atoms with Crippen LogP contribution >= 0.6 is 0 Å². The largest absolute Gasteiger partial charge is 0.504 e. The quantitative estimate of drug-likeness (QED) is 0.652. The molecule has 17 heavy (non-hydrogen) atoms. The van der Waals surface area contributed by atoms with Crippen LogP contribution in [0.15, 0.2) is 12.1 Å². The Balaban J connectivity index is 3.18. The second-order valence-corrected chi connectivity index (χ2v) is 3.48. The molecule has 0 amide bonds. The number of carboxylic acid groups (broad SMARTS) is 1. The Labute approximate surface area is 97.6 Å². The number of carbonyl (C=O) groups excluding carboxylic acids is 1. The van der Waals surface area contributed by atoms with E-state index < -0.39 is 12.0 Å². The summed E-state index contributed by atoms with van der Waals surface area (Å²) in [7, 11) is 1.35. The molecule has 0 heterocycles. The number of rotatable bonds is 5. The molecule has 0 aliphatic rings. The number of carbonyl (C=O) groups is 2. The van der Waals surface area contributed by atoms with Crippen molar-refractivity contribution in [2.24, 2.45) is 5.73 Å². The zero-order chi connectivity index (χ0) is 13.0. The molecule has 0 saturated heterocycles. The van der Waals surface area contributed by atoms with Crippen molar-refractivity contribution in [3.63, 3.8) is 0 Å². The first-order valence-corrected chi connectivity index (χ1v) is 4.83. The lowest BCUT2D eigenvalue weighted by Gasteiger charge is -2.14. The summed E-state index contributed by atoms with van der Waals surface area (Å²) >= 11 is 0. The minimum Gasteiger partial charge on any atom is -0.504 e. The summed E-state index contributed by atoms with van der Waals surface area (Å²) in [6, 6.07) is 1.71. The maximum atomic E-state index is 10.9. The summed E-state index contributed by atoms with van der Waals surface area (Å²) in [6.45, 7) is 0. The van der Waals surface area contributed by atoms with E-state index in [-0.39, 0.29) is 29.0 Å². The van der Waals surface area contributed by atoms with Crippen LogP contribution in [-0.4, -0.2) is 29.6 Å². The highest BCUT2D eigenvalue weighted by Gasteiger charge is 2.17. The molecule has 1 rings (SSSR count). The van der Waals surface area contributed by atoms with Crippen LogP contribution in [-0.2, 0) is 4.79 Å². The van der Waals surface area contributed by atoms with E-state index in [0.717, 1.165) is 0 Å². The number of aliphatic carboxylic acids is 1. The van der Waals surface area contributed by atoms with Gasteiger partial charge in [-0.2, -0.15) is 0 Å². The molecule has 0 aliphatic heterocycles. The van der Waals surface area contributed by atoms with Crippen molar-refractivity contribution in [3.8, 4) is 11.5 Å². The van der Waals surface area contributed by atoms with Crippen LogP contribution in [0.4, 0.5) is 0 Å². The van der Waals surface area contributed by atoms with Gasteiger partial charge in [0.25, 0.3) is 0 Å². The fourth-order valence-electron chi connectivity index (χ4n) is 1.49. The highest BCUT2D eigenvalue weighted by molar-refractivity contribution is 5.80. The predicted molar refractivity (Wildman–Crippen MR) is 59.2 cm³/mol. The van der Waals surface area contributed by atoms with Crippen LogP contribution < -0.4 is 10.5 Å². The number of carboxylic acids is 1. The van der Waals surface area contributed by atoms with Gasteiger partial charge in [-0.1, -0.05) is 0 Å². The maximum Gasteiger partial charge on any atom is 0.305 e. The molecule has 4 N–H and O–H groups in total. The molecule has 6 heteroatoms. The van der Waals surface area contributed by atoms with Crippen LogP contribution in [0.2, 0.25) is 0 Å². The summed E-state index contributed by atoms with van der Waals surface area (Å²) in [5, 5.41) is 18.2. The summed E-state index contributed by atoms with van der Waals surface area (Å²) in [5.74, 6) is -1.13. The van der Waals surface area contributed by atoms with Crippen molar-refractivity contribution in [3.05, 3.63) is 23.3 Å². The Kier molecular flexibility index (Phi) is 4.06. The van der Waals surface area contributed by atoms with Crippen molar-refractivity contribution in [2.75, 3.05) is 7.11 Å². The smallest absolute Gasteiger partial charge is 0.305 e. The molecule has 1 aromatic rings. The third-order valence-corrected chi connectivity index (χ3v) is 2.31. The number of hydrogen-bond acceptors (Lipinski definition) is 5. The van der Waals surface area contributed by atoms with Crippen LogP contribution in [0.1, 0.15) is 28.4 Å². The van der Waals surface area contributed by atoms with Crippen molar-refractivity contribution in [2.45, 2.75) is 12.5 Å². The SMILES string of the molecule is COc1cc(C=O)c(C(N)CC(=O)O)cc1O. The van der Waals surface area contributed by atoms with E-state index in [9.17, 15) is 14.7 Å². The molecule has 0 saturated carbocycles. The molecule has 0 radical (unpaired) electrons. The number of hydrogen-bond donors (Lipinski definition) is 3. The Hall–Kier alpha value is -2.08. The molecule has 0 fully saturated rings. The van der Waals surface area contributed by atoms with Crippen LogP contribution in [0.5, 0.6) is 11.5 Å². The zero-order valence-corrected chi connectivity index (χ0v) is 9.21. The molecule has 0 aromatic heterocycles. The van der Waals surface area contributed by atoms with E-state index in [2.05, 4.69) is 0 Å². The second kappa shape index (κ2) is 5.31. The van der Waals surface area contributed by atoms with E-state index in [1.807, 2.05) is 0 Å². The Morgan fingerprint density at radius 3 is 2.71 bits per heavy atom. The zero-order valence-electron chi connectivity index (χ0n) is 9.21. The van der Waals surface area contributed by atoms with Crippen molar-refractivity contribution in [1.29, 1.82) is 0 Å². The van der Waals surface area contributed by atoms with Crippen LogP contribution in [0, 0.1) is 0 Å². The molecule has 1 aromatic carbocycles. The van der Waals surface area contributed by atoms with Gasteiger partial charge in [0.05, 0.1) is 13.5 Å². The first kappa shape index (κ1) is 13.0. The Bertz CT molecular complexity index is 444. The number of aldehydes is 1. The number of ether oxygens (including phenoxy) is 1. The molecule has 0 bridgehead atoms. The number of benzene rings is 1. The summed E-state index contributed by atoms with van der Waals surface area (Å²) in [5.41, 5.74) is 6.12. The van der Waals surface area contributed by atoms with E-state index in [0.29, 0.717) is 6.29 Å². The average Bonchev–Trinajstić information content (AvgIpc) is 2.27. The van der Waals surface area contributed by atoms with Crippen LogP contribution in [0.25, 0.3) is 0 Å². The molecule has 0 spiro atoms. The number of phenols is 1. The number of aromatic hydroxyl groups is 1. The standard InChI is InChI=1S/C11H13NO5/c1-17-10-2-6(5-13)7(3-9(10)14)8(12)4-11(15)16/h2-3,5,8,14H,4,12H2,1H3,(H,15,16). The molecule has 6 nitrogen and oxygen atoms in total. The van der Waals surface area contributed by atoms with Gasteiger partial charge in [-0.05, 0) is 17.7 Å². The van der Waals surface area contributed by atoms with Gasteiger partial charge < -0.3 is 20.7 Å². The van der Waals surface area contributed by atoms with Crippen molar-refractivity contribution < 1.29 is 24.5 Å². The van der Waals surface area contributed by atoms with Gasteiger partial charge in [-0.25, -0.2) is 0 Å². The fourth-order valence-corrected chi connectivity index (χ4v) is 1.49. The predicted octanol–water partition coefficient (Wildman–Crippen LogP) is 0.688. The molecular weight excluding hydrogens is 226 g/mol. The monoisotopic (exact) mass is 239 g/mol. The topological polar surface area (TPSA) is 110 Å². The second-order valence-electron chi connectivity index (χ2n) is 3.48. The lowest BCUT2D eigenvalue weighted by Crippen LogP contribution is -2.16. The van der Waals surface area contributed by atoms with Crippen LogP contribution in [0.3, 0.4) is 0 Å². The number of phenolic OH excluding ortho intramolecular Hbond substituents is 1. The minimum absolute atomic E-state index is 0.137. The highest BCUT2D eigenvalue weighted by atomic mass is 16.5. The molecule has 92 valence electrons. The molecule has 0 aliphatic carbocycles. The van der Waals surface area contributed by atoms with E-state index in [1.165, 1.54) is 19.2 Å². The van der Waals surface area contributed by atoms with Gasteiger partial charge >= 0.3 is 5.97 Å². The fraction of sp³-hybridized carbons (Fsp3) is 0.273. The van der Waals surface area contributed by atoms with Gasteiger partial charge in [0, 0.05) is 11.6 Å². The normalized spacial score (nSPS) is 11.9. The van der Waals surface area contributed by atoms with Gasteiger partial charge in [-0.15, -0.1) is 0 Å². The maximum absolute atomic E-state index is 10.9. The van der Waals surface area contributed by atoms with Gasteiger partial charge in [0.2, 0.25) is 0 Å². The Morgan fingerprint density at radius 2 is 2.24 bits per heavy atom. The van der Waals surface area contributed by atoms with Crippen molar-refractivity contribution in [1.82, 2.24) is 0 Å². The minimum atomic E-state index is -1.08. The lowest BCUT2D eigenvalue weighted by molar-refractivity contribution is -0.137. The first-order valence-electron chi connectivity index (χ1n) is 4.83. The third-order valence-electron chi connectivity index (χ3n) is 2.31. The molecular formula is C11H13NO5. The van der Waals surface area contributed by atoms with E-state index in [1.54, 1.807) is 0 Å². The van der Waals surface area contributed by atoms with Gasteiger partial charge in [0.15, 0.2) is 17.8 Å². The molecule has 1 atom stereocenters. The van der Waals surface area contributed by atoms with Gasteiger partial charge in [-0.3, -0.25) is 9.59 Å². The van der Waals surface area contributed by atoms with Crippen molar-refractivity contribution >= 4 is 12.3 Å². The summed E-state index contributed by atoms with van der Waals surface area (Å²) in [4.78, 5) is 21.4. The molecule has 1 unspecified atom stereocenters. The average molecular weight is 239 g/mol. The summed E-state index contributed by atoms with van der Waals surface area (Å²) in [6.07, 6.45) is 0.214. The third kappa shape index (κ3) is 2.94. The van der Waals surface area contributed by atoms with E-state index in [4.69, 9.17) is 15.6 Å². The van der Waals surface area contributed by atoms with E-state index >= 15 is 0 Å². The first-order chi connectivity index (χ1) is 7.99. The lowest BCUT2D eigenvalue weighted by atomic mass is 9.98. The number of nitrogens with two attached hydrogens (primary N) is 1. The Morgan fingerprint density at radius 1 is 1.59 bits per heavy atom. The highest BCUT2D eigenvalue weighted by Crippen LogP contribution is 2.31. The van der Waals surface area contributed by atoms with Gasteiger partial charge in [0.1, 0.15) is 0 Å².